The second-order valence-corrected chi connectivity index (χ2v) is 5.45. The van der Waals surface area contributed by atoms with Gasteiger partial charge in [0.05, 0.1) is 30.4 Å². The van der Waals surface area contributed by atoms with E-state index in [1.54, 1.807) is 6.92 Å². The maximum absolute atomic E-state index is 13.7. The molecule has 1 atom stereocenters. The number of rotatable bonds is 6. The lowest BCUT2D eigenvalue weighted by molar-refractivity contribution is -0.139. The molecular weight excluding hydrogens is 360 g/mol. The average Bonchev–Trinajstić information content (AvgIpc) is 3.02. The van der Waals surface area contributed by atoms with E-state index in [0.29, 0.717) is 18.6 Å². The summed E-state index contributed by atoms with van der Waals surface area (Å²) in [5.74, 6) is -2.48. The maximum atomic E-state index is 13.7. The van der Waals surface area contributed by atoms with Crippen LogP contribution in [-0.4, -0.2) is 33.9 Å². The van der Waals surface area contributed by atoms with Crippen molar-refractivity contribution in [2.24, 2.45) is 0 Å². The van der Waals surface area contributed by atoms with Gasteiger partial charge in [0.15, 0.2) is 11.5 Å². The topological polar surface area (TPSA) is 95.6 Å². The first kappa shape index (κ1) is 19.9. The Kier molecular flexibility index (Phi) is 5.98. The van der Waals surface area contributed by atoms with Crippen LogP contribution in [0.5, 0.6) is 0 Å². The Bertz CT molecular complexity index is 785. The molecule has 0 unspecified atom stereocenters. The van der Waals surface area contributed by atoms with E-state index in [1.807, 2.05) is 0 Å². The number of amides is 1. The summed E-state index contributed by atoms with van der Waals surface area (Å²) in [6, 6.07) is 1.54. The Morgan fingerprint density at radius 3 is 2.54 bits per heavy atom. The van der Waals surface area contributed by atoms with Crippen LogP contribution in [0.3, 0.4) is 0 Å². The summed E-state index contributed by atoms with van der Waals surface area (Å²) in [5, 5.41) is 24.6. The van der Waals surface area contributed by atoms with Crippen LogP contribution in [0.2, 0.25) is 0 Å². The summed E-state index contributed by atoms with van der Waals surface area (Å²) >= 11 is 0. The van der Waals surface area contributed by atoms with Gasteiger partial charge in [-0.3, -0.25) is 4.79 Å². The van der Waals surface area contributed by atoms with E-state index in [1.165, 1.54) is 0 Å². The number of carbonyl (C=O) groups excluding carboxylic acids is 1. The lowest BCUT2D eigenvalue weighted by Crippen LogP contribution is -2.37. The molecule has 2 aromatic rings. The third-order valence-corrected chi connectivity index (χ3v) is 3.75. The molecule has 0 aliphatic carbocycles. The first-order chi connectivity index (χ1) is 12.2. The molecule has 0 fully saturated rings. The number of halogens is 4. The van der Waals surface area contributed by atoms with Crippen LogP contribution in [0, 0.1) is 5.82 Å². The molecule has 1 aromatic heterocycles. The minimum absolute atomic E-state index is 0.102. The molecule has 2 rings (SSSR count). The van der Waals surface area contributed by atoms with Crippen LogP contribution < -0.4 is 5.32 Å². The molecule has 6 nitrogen and oxygen atoms in total. The molecule has 1 heterocycles. The average molecular weight is 376 g/mol. The number of hydrogen-bond donors (Lipinski definition) is 3. The zero-order valence-corrected chi connectivity index (χ0v) is 13.6. The van der Waals surface area contributed by atoms with Gasteiger partial charge in [-0.15, -0.1) is 0 Å². The number of hydrogen-bond acceptors (Lipinski definition) is 5. The molecule has 0 bridgehead atoms. The molecule has 0 radical (unpaired) electrons. The zero-order valence-electron chi connectivity index (χ0n) is 13.6. The smallest absolute Gasteiger partial charge is 0.394 e. The molecule has 142 valence electrons. The first-order valence-electron chi connectivity index (χ1n) is 7.61. The van der Waals surface area contributed by atoms with Crippen LogP contribution in [0.15, 0.2) is 22.7 Å². The van der Waals surface area contributed by atoms with E-state index in [9.17, 15) is 27.5 Å². The van der Waals surface area contributed by atoms with Crippen LogP contribution >= 0.6 is 0 Å². The standard InChI is InChI=1S/C16H16F4N2O4/c1-2-9(6-23)21-15(25)13-10(7-24)14(26-22-13)8-3-4-11(12(17)5-8)16(18,19)20/h3-5,9,23-24H,2,6-7H2,1H3,(H,21,25)/t9-/m1/s1. The minimum Gasteiger partial charge on any atom is -0.394 e. The quantitative estimate of drug-likeness (QED) is 0.674. The van der Waals surface area contributed by atoms with Gasteiger partial charge in [-0.1, -0.05) is 18.1 Å². The van der Waals surface area contributed by atoms with E-state index in [-0.39, 0.29) is 29.2 Å². The van der Waals surface area contributed by atoms with Crippen LogP contribution in [0.4, 0.5) is 17.6 Å². The molecule has 10 heteroatoms. The van der Waals surface area contributed by atoms with Gasteiger partial charge in [0, 0.05) is 5.56 Å². The monoisotopic (exact) mass is 376 g/mol. The van der Waals surface area contributed by atoms with E-state index in [0.717, 1.165) is 6.07 Å². The fourth-order valence-electron chi connectivity index (χ4n) is 2.28. The number of nitrogens with zero attached hydrogens (tertiary/aromatic N) is 1. The largest absolute Gasteiger partial charge is 0.419 e. The minimum atomic E-state index is -4.85. The van der Waals surface area contributed by atoms with E-state index >= 15 is 0 Å². The molecule has 3 N–H and O–H groups in total. The third kappa shape index (κ3) is 4.02. The highest BCUT2D eigenvalue weighted by Crippen LogP contribution is 2.34. The van der Waals surface area contributed by atoms with Crippen LogP contribution in [-0.2, 0) is 12.8 Å². The van der Waals surface area contributed by atoms with Crippen molar-refractivity contribution in [3.8, 4) is 11.3 Å². The zero-order chi connectivity index (χ0) is 19.5. The Morgan fingerprint density at radius 2 is 2.04 bits per heavy atom. The van der Waals surface area contributed by atoms with Crippen molar-refractivity contribution in [2.75, 3.05) is 6.61 Å². The lowest BCUT2D eigenvalue weighted by Gasteiger charge is -2.13. The molecule has 1 amide bonds. The highest BCUT2D eigenvalue weighted by Gasteiger charge is 2.34. The Hall–Kier alpha value is -2.46. The molecule has 26 heavy (non-hydrogen) atoms. The molecule has 0 saturated heterocycles. The molecule has 0 aliphatic heterocycles. The molecule has 0 saturated carbocycles. The normalized spacial score (nSPS) is 12.9. The van der Waals surface area contributed by atoms with E-state index < -0.39 is 36.1 Å². The van der Waals surface area contributed by atoms with Crippen molar-refractivity contribution in [1.29, 1.82) is 0 Å². The SMILES string of the molecule is CC[C@H](CO)NC(=O)c1noc(-c2ccc(C(F)(F)F)c(F)c2)c1CO. The van der Waals surface area contributed by atoms with Gasteiger partial charge in [-0.05, 0) is 18.6 Å². The second-order valence-electron chi connectivity index (χ2n) is 5.45. The third-order valence-electron chi connectivity index (χ3n) is 3.75. The molecule has 0 aliphatic rings. The molecule has 0 spiro atoms. The lowest BCUT2D eigenvalue weighted by atomic mass is 10.0. The summed E-state index contributed by atoms with van der Waals surface area (Å²) in [7, 11) is 0. The Balaban J connectivity index is 2.39. The van der Waals surface area contributed by atoms with Gasteiger partial charge in [0.2, 0.25) is 0 Å². The second kappa shape index (κ2) is 7.83. The number of aromatic nitrogens is 1. The first-order valence-corrected chi connectivity index (χ1v) is 7.61. The number of nitrogens with one attached hydrogen (secondary N) is 1. The van der Waals surface area contributed by atoms with Crippen LogP contribution in [0.25, 0.3) is 11.3 Å². The van der Waals surface area contributed by atoms with Gasteiger partial charge in [-0.2, -0.15) is 13.2 Å². The number of benzene rings is 1. The van der Waals surface area contributed by atoms with Crippen molar-refractivity contribution in [3.63, 3.8) is 0 Å². The molecular formula is C16H16F4N2O4. The number of alkyl halides is 3. The predicted molar refractivity (Wildman–Crippen MR) is 81.5 cm³/mol. The Labute approximate surface area is 145 Å². The fraction of sp³-hybridized carbons (Fsp3) is 0.375. The van der Waals surface area contributed by atoms with Gasteiger partial charge in [-0.25, -0.2) is 4.39 Å². The summed E-state index contributed by atoms with van der Waals surface area (Å²) < 4.78 is 56.6. The van der Waals surface area contributed by atoms with E-state index in [2.05, 4.69) is 10.5 Å². The van der Waals surface area contributed by atoms with Crippen LogP contribution in [0.1, 0.15) is 35.0 Å². The fourth-order valence-corrected chi connectivity index (χ4v) is 2.28. The van der Waals surface area contributed by atoms with Gasteiger partial charge in [0.1, 0.15) is 5.82 Å². The summed E-state index contributed by atoms with van der Waals surface area (Å²) in [6.07, 6.45) is -4.42. The maximum Gasteiger partial charge on any atom is 0.419 e. The van der Waals surface area contributed by atoms with Gasteiger partial charge in [0.25, 0.3) is 5.91 Å². The van der Waals surface area contributed by atoms with Crippen molar-refractivity contribution in [3.05, 3.63) is 40.8 Å². The Morgan fingerprint density at radius 1 is 1.35 bits per heavy atom. The summed E-state index contributed by atoms with van der Waals surface area (Å²) in [4.78, 5) is 12.2. The van der Waals surface area contributed by atoms with E-state index in [4.69, 9.17) is 9.63 Å². The van der Waals surface area contributed by atoms with Gasteiger partial charge < -0.3 is 20.1 Å². The number of carbonyl (C=O) groups is 1. The van der Waals surface area contributed by atoms with Crippen molar-refractivity contribution >= 4 is 5.91 Å². The summed E-state index contributed by atoms with van der Waals surface area (Å²) in [5.41, 5.74) is -1.96. The molecule has 1 aromatic carbocycles. The predicted octanol–water partition coefficient (Wildman–Crippen LogP) is 2.49. The summed E-state index contributed by atoms with van der Waals surface area (Å²) in [6.45, 7) is 0.707. The van der Waals surface area contributed by atoms with Crippen molar-refractivity contribution in [1.82, 2.24) is 10.5 Å². The number of aliphatic hydroxyl groups excluding tert-OH is 2. The number of aliphatic hydroxyl groups is 2. The highest BCUT2D eigenvalue weighted by atomic mass is 19.4. The van der Waals surface area contributed by atoms with Crippen molar-refractivity contribution < 1.29 is 37.1 Å². The highest BCUT2D eigenvalue weighted by molar-refractivity contribution is 5.95. The van der Waals surface area contributed by atoms with Gasteiger partial charge >= 0.3 is 6.18 Å². The van der Waals surface area contributed by atoms with Crippen molar-refractivity contribution in [2.45, 2.75) is 32.2 Å².